The molecule has 4 rings (SSSR count). The molecule has 0 bridgehead atoms. The number of halogens is 1. The fourth-order valence-corrected chi connectivity index (χ4v) is 2.87. The molecule has 26 heavy (non-hydrogen) atoms. The summed E-state index contributed by atoms with van der Waals surface area (Å²) in [5, 5.41) is 0. The number of fused-ring (bicyclic) bond motifs is 1. The monoisotopic (exact) mass is 348 g/mol. The van der Waals surface area contributed by atoms with E-state index in [-0.39, 0.29) is 12.4 Å². The van der Waals surface area contributed by atoms with Gasteiger partial charge in [0, 0.05) is 0 Å². The molecule has 0 atom stereocenters. The van der Waals surface area contributed by atoms with Crippen LogP contribution in [-0.2, 0) is 6.61 Å². The first-order chi connectivity index (χ1) is 12.7. The van der Waals surface area contributed by atoms with Crippen molar-refractivity contribution in [3.63, 3.8) is 0 Å². The lowest BCUT2D eigenvalue weighted by Gasteiger charge is -2.14. The Morgan fingerprint density at radius 3 is 2.65 bits per heavy atom. The van der Waals surface area contributed by atoms with Crippen LogP contribution in [0.25, 0.3) is 22.4 Å². The van der Waals surface area contributed by atoms with E-state index in [0.29, 0.717) is 17.3 Å². The van der Waals surface area contributed by atoms with Crippen LogP contribution in [0.1, 0.15) is 5.56 Å². The Hall–Kier alpha value is -3.34. The summed E-state index contributed by atoms with van der Waals surface area (Å²) in [6, 6.07) is 19.8. The molecular formula is C21H17FN2O2. The van der Waals surface area contributed by atoms with Crippen molar-refractivity contribution >= 4 is 11.0 Å². The summed E-state index contributed by atoms with van der Waals surface area (Å²) in [4.78, 5) is 7.94. The van der Waals surface area contributed by atoms with Gasteiger partial charge in [0.15, 0.2) is 11.5 Å². The molecule has 0 radical (unpaired) electrons. The van der Waals surface area contributed by atoms with Gasteiger partial charge in [-0.1, -0.05) is 30.3 Å². The van der Waals surface area contributed by atoms with Crippen molar-refractivity contribution in [2.45, 2.75) is 6.61 Å². The lowest BCUT2D eigenvalue weighted by molar-refractivity contribution is 0.285. The molecule has 4 nitrogen and oxygen atoms in total. The van der Waals surface area contributed by atoms with E-state index in [1.165, 1.54) is 12.1 Å². The summed E-state index contributed by atoms with van der Waals surface area (Å²) in [5.41, 5.74) is 3.35. The molecule has 0 saturated carbocycles. The minimum Gasteiger partial charge on any atom is -0.493 e. The van der Waals surface area contributed by atoms with Gasteiger partial charge in [0.05, 0.1) is 23.7 Å². The molecule has 5 heteroatoms. The van der Waals surface area contributed by atoms with Crippen molar-refractivity contribution in [3.05, 3.63) is 78.1 Å². The number of hydrogen-bond donors (Lipinski definition) is 1. The lowest BCUT2D eigenvalue weighted by Crippen LogP contribution is -2.00. The van der Waals surface area contributed by atoms with Gasteiger partial charge in [-0.15, -0.1) is 0 Å². The van der Waals surface area contributed by atoms with E-state index in [1.807, 2.05) is 48.5 Å². The second-order valence-corrected chi connectivity index (χ2v) is 5.86. The predicted molar refractivity (Wildman–Crippen MR) is 98.8 cm³/mol. The first kappa shape index (κ1) is 16.1. The minimum atomic E-state index is -0.288. The topological polar surface area (TPSA) is 47.1 Å². The van der Waals surface area contributed by atoms with Gasteiger partial charge in [0.25, 0.3) is 0 Å². The molecule has 1 N–H and O–H groups in total. The summed E-state index contributed by atoms with van der Waals surface area (Å²) in [6.07, 6.45) is 0. The zero-order valence-electron chi connectivity index (χ0n) is 14.2. The maximum Gasteiger partial charge on any atom is 0.172 e. The summed E-state index contributed by atoms with van der Waals surface area (Å²) in [7, 11) is 1.59. The second-order valence-electron chi connectivity index (χ2n) is 5.86. The number of methoxy groups -OCH3 is 1. The molecule has 1 heterocycles. The van der Waals surface area contributed by atoms with Crippen LogP contribution in [0, 0.1) is 5.82 Å². The summed E-state index contributed by atoms with van der Waals surface area (Å²) in [5.74, 6) is 1.57. The van der Waals surface area contributed by atoms with Crippen LogP contribution in [0.4, 0.5) is 4.39 Å². The predicted octanol–water partition coefficient (Wildman–Crippen LogP) is 4.96. The average molecular weight is 348 g/mol. The minimum absolute atomic E-state index is 0.228. The largest absolute Gasteiger partial charge is 0.493 e. The number of hydrogen-bond acceptors (Lipinski definition) is 3. The van der Waals surface area contributed by atoms with E-state index in [4.69, 9.17) is 9.47 Å². The number of aromatic nitrogens is 2. The normalized spacial score (nSPS) is 10.8. The fourth-order valence-electron chi connectivity index (χ4n) is 2.87. The van der Waals surface area contributed by atoms with Crippen molar-refractivity contribution in [1.29, 1.82) is 0 Å². The molecule has 1 aromatic heterocycles. The number of H-pyrrole nitrogens is 1. The third-order valence-corrected chi connectivity index (χ3v) is 4.12. The highest BCUT2D eigenvalue weighted by Crippen LogP contribution is 2.38. The molecule has 3 aromatic carbocycles. The van der Waals surface area contributed by atoms with E-state index >= 15 is 0 Å². The fraction of sp³-hybridized carbons (Fsp3) is 0.0952. The number of ether oxygens (including phenoxy) is 2. The quantitative estimate of drug-likeness (QED) is 0.555. The highest BCUT2D eigenvalue weighted by molar-refractivity contribution is 5.81. The van der Waals surface area contributed by atoms with Crippen LogP contribution in [0.2, 0.25) is 0 Å². The van der Waals surface area contributed by atoms with Gasteiger partial charge in [-0.3, -0.25) is 0 Å². The van der Waals surface area contributed by atoms with Crippen molar-refractivity contribution in [3.8, 4) is 22.9 Å². The number of nitrogens with zero attached hydrogens (tertiary/aromatic N) is 1. The third kappa shape index (κ3) is 3.11. The molecule has 4 aromatic rings. The molecule has 0 fully saturated rings. The lowest BCUT2D eigenvalue weighted by atomic mass is 10.1. The molecule has 0 aliphatic carbocycles. The molecule has 0 aliphatic heterocycles. The maximum absolute atomic E-state index is 13.4. The molecule has 0 aliphatic rings. The van der Waals surface area contributed by atoms with Crippen LogP contribution in [0.5, 0.6) is 11.5 Å². The van der Waals surface area contributed by atoms with E-state index in [2.05, 4.69) is 9.97 Å². The number of benzene rings is 3. The molecule has 0 spiro atoms. The van der Waals surface area contributed by atoms with Crippen molar-refractivity contribution < 1.29 is 13.9 Å². The number of para-hydroxylation sites is 3. The number of imidazole rings is 1. The Balaban J connectivity index is 1.73. The van der Waals surface area contributed by atoms with Gasteiger partial charge >= 0.3 is 0 Å². The van der Waals surface area contributed by atoms with Gasteiger partial charge < -0.3 is 14.5 Å². The zero-order chi connectivity index (χ0) is 17.9. The number of aromatic amines is 1. The first-order valence-electron chi connectivity index (χ1n) is 8.24. The number of rotatable bonds is 5. The van der Waals surface area contributed by atoms with Gasteiger partial charge in [-0.25, -0.2) is 9.37 Å². The Labute approximate surface area is 150 Å². The van der Waals surface area contributed by atoms with Crippen molar-refractivity contribution in [2.24, 2.45) is 0 Å². The van der Waals surface area contributed by atoms with Crippen LogP contribution in [0.3, 0.4) is 0 Å². The molecular weight excluding hydrogens is 331 g/mol. The standard InChI is InChI=1S/C21H17FN2O2/c1-25-19-11-5-8-16(21-23-17-9-2-3-10-18(17)24-21)20(19)26-13-14-6-4-7-15(22)12-14/h2-12H,13H2,1H3,(H,23,24). The van der Waals surface area contributed by atoms with E-state index < -0.39 is 0 Å². The molecule has 0 amide bonds. The zero-order valence-corrected chi connectivity index (χ0v) is 14.2. The summed E-state index contributed by atoms with van der Waals surface area (Å²) >= 11 is 0. The maximum atomic E-state index is 13.4. The van der Waals surface area contributed by atoms with Gasteiger partial charge in [-0.2, -0.15) is 0 Å². The molecule has 130 valence electrons. The van der Waals surface area contributed by atoms with Gasteiger partial charge in [0.1, 0.15) is 18.2 Å². The number of nitrogens with one attached hydrogen (secondary N) is 1. The first-order valence-corrected chi connectivity index (χ1v) is 8.24. The van der Waals surface area contributed by atoms with Crippen LogP contribution in [0.15, 0.2) is 66.7 Å². The van der Waals surface area contributed by atoms with Crippen LogP contribution < -0.4 is 9.47 Å². The van der Waals surface area contributed by atoms with Crippen molar-refractivity contribution in [1.82, 2.24) is 9.97 Å². The Kier molecular flexibility index (Phi) is 4.27. The average Bonchev–Trinajstić information content (AvgIpc) is 3.10. The van der Waals surface area contributed by atoms with Crippen LogP contribution in [-0.4, -0.2) is 17.1 Å². The Bertz CT molecular complexity index is 1030. The van der Waals surface area contributed by atoms with Crippen molar-refractivity contribution in [2.75, 3.05) is 7.11 Å². The van der Waals surface area contributed by atoms with Gasteiger partial charge in [-0.05, 0) is 42.0 Å². The Morgan fingerprint density at radius 1 is 1.00 bits per heavy atom. The van der Waals surface area contributed by atoms with E-state index in [0.717, 1.165) is 22.2 Å². The summed E-state index contributed by atoms with van der Waals surface area (Å²) in [6.45, 7) is 0.228. The third-order valence-electron chi connectivity index (χ3n) is 4.12. The van der Waals surface area contributed by atoms with Crippen LogP contribution >= 0.6 is 0 Å². The second kappa shape index (κ2) is 6.88. The smallest absolute Gasteiger partial charge is 0.172 e. The van der Waals surface area contributed by atoms with E-state index in [1.54, 1.807) is 13.2 Å². The van der Waals surface area contributed by atoms with Gasteiger partial charge in [0.2, 0.25) is 0 Å². The highest BCUT2D eigenvalue weighted by Gasteiger charge is 2.16. The SMILES string of the molecule is COc1cccc(-c2nc3ccccc3[nH]2)c1OCc1cccc(F)c1. The highest BCUT2D eigenvalue weighted by atomic mass is 19.1. The van der Waals surface area contributed by atoms with E-state index in [9.17, 15) is 4.39 Å². The molecule has 0 saturated heterocycles. The summed E-state index contributed by atoms with van der Waals surface area (Å²) < 4.78 is 24.9. The Morgan fingerprint density at radius 2 is 1.85 bits per heavy atom. The molecule has 0 unspecified atom stereocenters.